The van der Waals surface area contributed by atoms with Gasteiger partial charge < -0.3 is 9.88 Å². The van der Waals surface area contributed by atoms with E-state index in [1.165, 1.54) is 30.3 Å². The molecule has 5 heteroatoms. The number of benzene rings is 2. The molecule has 154 valence electrons. The van der Waals surface area contributed by atoms with Crippen LogP contribution in [0.15, 0.2) is 72.8 Å². The number of hydrogen-bond donors (Lipinski definition) is 1. The first kappa shape index (κ1) is 21.3. The van der Waals surface area contributed by atoms with E-state index in [2.05, 4.69) is 48.4 Å². The van der Waals surface area contributed by atoms with Crippen molar-refractivity contribution in [2.24, 2.45) is 0 Å². The SMILES string of the molecule is C=C.CN1CCC[C@@H]1Cc1c[nH]c2ccc(CCS(=O)(=O)c3ccccc3)cc12. The van der Waals surface area contributed by atoms with Crippen molar-refractivity contribution in [1.82, 2.24) is 9.88 Å². The fraction of sp³-hybridized carbons (Fsp3) is 0.333. The Labute approximate surface area is 174 Å². The maximum absolute atomic E-state index is 12.5. The molecule has 1 fully saturated rings. The lowest BCUT2D eigenvalue weighted by molar-refractivity contribution is 0.310. The van der Waals surface area contributed by atoms with Gasteiger partial charge in [0.1, 0.15) is 0 Å². The topological polar surface area (TPSA) is 53.2 Å². The molecule has 0 aliphatic carbocycles. The van der Waals surface area contributed by atoms with E-state index in [9.17, 15) is 8.42 Å². The number of fused-ring (bicyclic) bond motifs is 1. The van der Waals surface area contributed by atoms with Crippen LogP contribution in [0.3, 0.4) is 0 Å². The third-order valence-corrected chi connectivity index (χ3v) is 7.45. The fourth-order valence-electron chi connectivity index (χ4n) is 4.04. The van der Waals surface area contributed by atoms with Crippen molar-refractivity contribution in [2.45, 2.75) is 36.6 Å². The molecule has 0 saturated carbocycles. The lowest BCUT2D eigenvalue weighted by atomic mass is 10.0. The highest BCUT2D eigenvalue weighted by atomic mass is 32.2. The quantitative estimate of drug-likeness (QED) is 0.603. The minimum absolute atomic E-state index is 0.133. The van der Waals surface area contributed by atoms with E-state index in [0.717, 1.165) is 17.5 Å². The van der Waals surface area contributed by atoms with Crippen LogP contribution in [0.1, 0.15) is 24.0 Å². The number of sulfone groups is 1. The van der Waals surface area contributed by atoms with Crippen molar-refractivity contribution >= 4 is 20.7 Å². The molecule has 1 N–H and O–H groups in total. The average Bonchev–Trinajstić information content (AvgIpc) is 3.35. The first-order valence-electron chi connectivity index (χ1n) is 10.1. The Hall–Kier alpha value is -2.37. The number of hydrogen-bond acceptors (Lipinski definition) is 3. The number of likely N-dealkylation sites (N-methyl/N-ethyl adjacent to an activating group) is 1. The lowest BCUT2D eigenvalue weighted by Crippen LogP contribution is -2.26. The fourth-order valence-corrected chi connectivity index (χ4v) is 5.35. The number of likely N-dealkylation sites (tertiary alicyclic amines) is 1. The van der Waals surface area contributed by atoms with Crippen molar-refractivity contribution in [3.63, 3.8) is 0 Å². The molecule has 1 saturated heterocycles. The van der Waals surface area contributed by atoms with E-state index in [1.807, 2.05) is 12.1 Å². The standard InChI is InChI=1S/C22H26N2O2S.C2H4/c1-24-12-5-6-19(24)15-18-16-23-22-10-9-17(14-21(18)22)11-13-27(25,26)20-7-3-2-4-8-20;1-2/h2-4,7-10,14,16,19,23H,5-6,11-13,15H2,1H3;1-2H2/t19-;/m1./s1. The van der Waals surface area contributed by atoms with Gasteiger partial charge in [0.25, 0.3) is 0 Å². The highest BCUT2D eigenvalue weighted by molar-refractivity contribution is 7.91. The molecule has 4 rings (SSSR count). The van der Waals surface area contributed by atoms with E-state index in [4.69, 9.17) is 0 Å². The van der Waals surface area contributed by atoms with Gasteiger partial charge in [-0.2, -0.15) is 0 Å². The number of rotatable bonds is 6. The van der Waals surface area contributed by atoms with Crippen molar-refractivity contribution in [3.05, 3.63) is 79.0 Å². The van der Waals surface area contributed by atoms with Crippen LogP contribution in [-0.2, 0) is 22.7 Å². The summed E-state index contributed by atoms with van der Waals surface area (Å²) in [5.74, 6) is 0.133. The van der Waals surface area contributed by atoms with Gasteiger partial charge in [-0.1, -0.05) is 24.3 Å². The molecule has 1 aliphatic heterocycles. The van der Waals surface area contributed by atoms with Crippen LogP contribution in [0.5, 0.6) is 0 Å². The van der Waals surface area contributed by atoms with Crippen molar-refractivity contribution in [2.75, 3.05) is 19.3 Å². The molecule has 1 aliphatic rings. The van der Waals surface area contributed by atoms with Crippen LogP contribution in [-0.4, -0.2) is 43.7 Å². The van der Waals surface area contributed by atoms with E-state index in [0.29, 0.717) is 17.4 Å². The maximum atomic E-state index is 12.5. The van der Waals surface area contributed by atoms with Crippen molar-refractivity contribution < 1.29 is 8.42 Å². The number of aromatic amines is 1. The maximum Gasteiger partial charge on any atom is 0.178 e. The summed E-state index contributed by atoms with van der Waals surface area (Å²) in [6.45, 7) is 7.18. The minimum Gasteiger partial charge on any atom is -0.361 e. The largest absolute Gasteiger partial charge is 0.361 e. The number of aryl methyl sites for hydroxylation is 1. The Bertz CT molecular complexity index is 1040. The number of H-pyrrole nitrogens is 1. The van der Waals surface area contributed by atoms with E-state index in [-0.39, 0.29) is 5.75 Å². The molecule has 1 aromatic heterocycles. The summed E-state index contributed by atoms with van der Waals surface area (Å²) in [5.41, 5.74) is 3.53. The second-order valence-corrected chi connectivity index (χ2v) is 9.67. The van der Waals surface area contributed by atoms with Gasteiger partial charge in [0.05, 0.1) is 10.6 Å². The van der Waals surface area contributed by atoms with Crippen molar-refractivity contribution in [3.8, 4) is 0 Å². The summed E-state index contributed by atoms with van der Waals surface area (Å²) in [4.78, 5) is 6.21. The Kier molecular flexibility index (Phi) is 6.93. The van der Waals surface area contributed by atoms with Gasteiger partial charge in [-0.05, 0) is 74.7 Å². The minimum atomic E-state index is -3.25. The Morgan fingerprint density at radius 2 is 1.90 bits per heavy atom. The Morgan fingerprint density at radius 1 is 1.14 bits per heavy atom. The number of aromatic nitrogens is 1. The molecular formula is C24H30N2O2S. The first-order valence-corrected chi connectivity index (χ1v) is 11.7. The van der Waals surface area contributed by atoms with E-state index >= 15 is 0 Å². The van der Waals surface area contributed by atoms with Gasteiger partial charge in [0.15, 0.2) is 9.84 Å². The molecule has 4 nitrogen and oxygen atoms in total. The van der Waals surface area contributed by atoms with Gasteiger partial charge in [-0.15, -0.1) is 13.2 Å². The third-order valence-electron chi connectivity index (χ3n) is 5.72. The zero-order chi connectivity index (χ0) is 20.9. The summed E-state index contributed by atoms with van der Waals surface area (Å²) in [7, 11) is -1.05. The van der Waals surface area contributed by atoms with Crippen LogP contribution >= 0.6 is 0 Å². The zero-order valence-corrected chi connectivity index (χ0v) is 17.9. The summed E-state index contributed by atoms with van der Waals surface area (Å²) >= 11 is 0. The predicted molar refractivity (Wildman–Crippen MR) is 121 cm³/mol. The molecule has 0 amide bonds. The molecule has 1 atom stereocenters. The van der Waals surface area contributed by atoms with Crippen molar-refractivity contribution in [1.29, 1.82) is 0 Å². The normalized spacial score (nSPS) is 17.2. The zero-order valence-electron chi connectivity index (χ0n) is 17.1. The summed E-state index contributed by atoms with van der Waals surface area (Å²) < 4.78 is 25.1. The van der Waals surface area contributed by atoms with Gasteiger partial charge >= 0.3 is 0 Å². The highest BCUT2D eigenvalue weighted by Gasteiger charge is 2.22. The number of nitrogens with one attached hydrogen (secondary N) is 1. The smallest absolute Gasteiger partial charge is 0.178 e. The molecule has 0 spiro atoms. The summed E-state index contributed by atoms with van der Waals surface area (Å²) in [6.07, 6.45) is 6.20. The van der Waals surface area contributed by atoms with Crippen LogP contribution in [0.2, 0.25) is 0 Å². The number of nitrogens with zero attached hydrogens (tertiary/aromatic N) is 1. The predicted octanol–water partition coefficient (Wildman–Crippen LogP) is 4.62. The van der Waals surface area contributed by atoms with Crippen LogP contribution in [0.4, 0.5) is 0 Å². The van der Waals surface area contributed by atoms with E-state index in [1.54, 1.807) is 24.3 Å². The van der Waals surface area contributed by atoms with E-state index < -0.39 is 9.84 Å². The molecule has 3 aromatic rings. The second-order valence-electron chi connectivity index (χ2n) is 7.56. The average molecular weight is 411 g/mol. The van der Waals surface area contributed by atoms with Crippen LogP contribution in [0, 0.1) is 0 Å². The first-order chi connectivity index (χ1) is 14.0. The Morgan fingerprint density at radius 3 is 2.59 bits per heavy atom. The van der Waals surface area contributed by atoms with Gasteiger partial charge in [-0.3, -0.25) is 0 Å². The molecule has 2 heterocycles. The van der Waals surface area contributed by atoms with Gasteiger partial charge in [0.2, 0.25) is 0 Å². The monoisotopic (exact) mass is 410 g/mol. The van der Waals surface area contributed by atoms with Crippen LogP contribution in [0.25, 0.3) is 10.9 Å². The molecule has 0 bridgehead atoms. The van der Waals surface area contributed by atoms with Gasteiger partial charge in [0, 0.05) is 23.1 Å². The second kappa shape index (κ2) is 9.42. The molecule has 0 radical (unpaired) electrons. The highest BCUT2D eigenvalue weighted by Crippen LogP contribution is 2.26. The third kappa shape index (κ3) is 4.98. The van der Waals surface area contributed by atoms with Gasteiger partial charge in [-0.25, -0.2) is 8.42 Å². The summed E-state index contributed by atoms with van der Waals surface area (Å²) in [6, 6.07) is 15.6. The molecule has 0 unspecified atom stereocenters. The summed E-state index contributed by atoms with van der Waals surface area (Å²) in [5, 5.41) is 1.23. The van der Waals surface area contributed by atoms with Crippen LogP contribution < -0.4 is 0 Å². The Balaban J connectivity index is 0.00000117. The molecular weight excluding hydrogens is 380 g/mol. The molecule has 29 heavy (non-hydrogen) atoms. The molecule has 2 aromatic carbocycles. The lowest BCUT2D eigenvalue weighted by Gasteiger charge is -2.18.